The highest BCUT2D eigenvalue weighted by Crippen LogP contribution is 2.41. The van der Waals surface area contributed by atoms with E-state index in [1.807, 2.05) is 50.2 Å². The molecule has 0 heterocycles. The minimum Gasteiger partial charge on any atom is -0.426 e. The fraction of sp³-hybridized carbons (Fsp3) is 0.229. The second kappa shape index (κ2) is 11.7. The molecule has 0 spiro atoms. The van der Waals surface area contributed by atoms with Crippen LogP contribution in [0.3, 0.4) is 0 Å². The van der Waals surface area contributed by atoms with E-state index in [-0.39, 0.29) is 28.9 Å². The van der Waals surface area contributed by atoms with E-state index < -0.39 is 0 Å². The van der Waals surface area contributed by atoms with Gasteiger partial charge in [-0.25, -0.2) is 0 Å². The first-order valence-corrected chi connectivity index (χ1v) is 15.3. The van der Waals surface area contributed by atoms with Gasteiger partial charge in [0.05, 0.1) is 5.92 Å². The molecule has 41 heavy (non-hydrogen) atoms. The summed E-state index contributed by atoms with van der Waals surface area (Å²) in [4.78, 5) is 43.2. The van der Waals surface area contributed by atoms with Crippen LogP contribution in [0.25, 0.3) is 0 Å². The quantitative estimate of drug-likeness (QED) is 0.141. The maximum atomic E-state index is 13.9. The summed E-state index contributed by atoms with van der Waals surface area (Å²) in [6.45, 7) is 10.3. The van der Waals surface area contributed by atoms with E-state index >= 15 is 0 Å². The molecule has 1 aliphatic carbocycles. The lowest BCUT2D eigenvalue weighted by molar-refractivity contribution is -0.138. The van der Waals surface area contributed by atoms with Crippen molar-refractivity contribution in [3.63, 3.8) is 0 Å². The van der Waals surface area contributed by atoms with Crippen LogP contribution in [0.4, 0.5) is 0 Å². The summed E-state index contributed by atoms with van der Waals surface area (Å²) in [6.07, 6.45) is 0.715. The van der Waals surface area contributed by atoms with E-state index in [4.69, 9.17) is 4.74 Å². The molecule has 1 atom stereocenters. The van der Waals surface area contributed by atoms with E-state index in [1.165, 1.54) is 29.1 Å². The summed E-state index contributed by atoms with van der Waals surface area (Å²) < 4.78 is 5.46. The summed E-state index contributed by atoms with van der Waals surface area (Å²) >= 11 is 2.92. The molecule has 0 saturated carbocycles. The van der Waals surface area contributed by atoms with E-state index in [0.29, 0.717) is 39.3 Å². The molecule has 0 aliphatic heterocycles. The van der Waals surface area contributed by atoms with Crippen molar-refractivity contribution in [1.29, 1.82) is 0 Å². The van der Waals surface area contributed by atoms with Crippen molar-refractivity contribution >= 4 is 41.1 Å². The van der Waals surface area contributed by atoms with Gasteiger partial charge in [-0.1, -0.05) is 94.5 Å². The number of benzene rings is 4. The first-order chi connectivity index (χ1) is 19.6. The van der Waals surface area contributed by atoms with Crippen molar-refractivity contribution in [2.45, 2.75) is 66.0 Å². The number of ether oxygens (including phenoxy) is 1. The predicted molar refractivity (Wildman–Crippen MR) is 165 cm³/mol. The third-order valence-electron chi connectivity index (χ3n) is 7.23. The van der Waals surface area contributed by atoms with Gasteiger partial charge in [-0.15, -0.1) is 0 Å². The van der Waals surface area contributed by atoms with Gasteiger partial charge < -0.3 is 4.74 Å². The summed E-state index contributed by atoms with van der Waals surface area (Å²) in [5.74, 6) is -0.236. The Morgan fingerprint density at radius 2 is 1.20 bits per heavy atom. The van der Waals surface area contributed by atoms with Crippen LogP contribution in [0, 0.1) is 5.92 Å². The number of hydrogen-bond donors (Lipinski definition) is 0. The Hall–Kier alpha value is -3.61. The first kappa shape index (κ1) is 28.9. The minimum absolute atomic E-state index is 0.0547. The molecule has 6 heteroatoms. The summed E-state index contributed by atoms with van der Waals surface area (Å²) in [5, 5.41) is 0. The van der Waals surface area contributed by atoms with Crippen LogP contribution in [0.2, 0.25) is 0 Å². The van der Waals surface area contributed by atoms with Gasteiger partial charge in [0, 0.05) is 41.8 Å². The molecule has 0 amide bonds. The highest BCUT2D eigenvalue weighted by atomic mass is 32.2. The Morgan fingerprint density at radius 1 is 0.732 bits per heavy atom. The van der Waals surface area contributed by atoms with Crippen molar-refractivity contribution in [2.24, 2.45) is 5.92 Å². The van der Waals surface area contributed by atoms with Crippen LogP contribution in [-0.2, 0) is 10.2 Å². The third kappa shape index (κ3) is 6.04. The lowest BCUT2D eigenvalue weighted by Gasteiger charge is -2.22. The van der Waals surface area contributed by atoms with Gasteiger partial charge in [-0.3, -0.25) is 14.4 Å². The second-order valence-electron chi connectivity index (χ2n) is 11.2. The van der Waals surface area contributed by atoms with Crippen LogP contribution in [0.15, 0.2) is 105 Å². The number of ketones is 2. The summed E-state index contributed by atoms with van der Waals surface area (Å²) in [6, 6.07) is 26.5. The van der Waals surface area contributed by atoms with Gasteiger partial charge >= 0.3 is 5.97 Å². The predicted octanol–water partition coefficient (Wildman–Crippen LogP) is 9.01. The summed E-state index contributed by atoms with van der Waals surface area (Å²) in [7, 11) is 0. The van der Waals surface area contributed by atoms with Crippen LogP contribution >= 0.6 is 23.5 Å². The third-order valence-corrected chi connectivity index (χ3v) is 9.36. The van der Waals surface area contributed by atoms with Gasteiger partial charge in [0.2, 0.25) is 0 Å². The number of carbonyl (C=O) groups is 3. The molecule has 0 saturated heterocycles. The van der Waals surface area contributed by atoms with Gasteiger partial charge in [0.1, 0.15) is 5.75 Å². The van der Waals surface area contributed by atoms with Gasteiger partial charge in [-0.2, -0.15) is 0 Å². The van der Waals surface area contributed by atoms with Gasteiger partial charge in [0.15, 0.2) is 11.6 Å². The molecule has 0 N–H and O–H groups in total. The molecule has 0 aromatic heterocycles. The Labute approximate surface area is 249 Å². The molecule has 5 rings (SSSR count). The van der Waals surface area contributed by atoms with Crippen LogP contribution in [0.5, 0.6) is 5.75 Å². The monoisotopic (exact) mass is 580 g/mol. The van der Waals surface area contributed by atoms with Crippen molar-refractivity contribution in [2.75, 3.05) is 0 Å². The molecule has 4 aromatic carbocycles. The van der Waals surface area contributed by atoms with Crippen molar-refractivity contribution in [3.05, 3.63) is 113 Å². The van der Waals surface area contributed by atoms with Crippen LogP contribution in [0.1, 0.15) is 78.4 Å². The molecule has 4 aromatic rings. The van der Waals surface area contributed by atoms with E-state index in [9.17, 15) is 14.4 Å². The molecular formula is C35H32O4S2. The maximum Gasteiger partial charge on any atom is 0.314 e. The number of rotatable bonds is 7. The van der Waals surface area contributed by atoms with E-state index in [0.717, 1.165) is 14.7 Å². The van der Waals surface area contributed by atoms with Crippen molar-refractivity contribution in [1.82, 2.24) is 0 Å². The van der Waals surface area contributed by atoms with Crippen LogP contribution in [-0.4, -0.2) is 17.5 Å². The molecule has 1 aliphatic rings. The standard InChI is InChI=1S/C35H32O4S2/c1-6-21(2)34(38)39-23-15-19-25(20-16-23)41-29-12-8-10-27-31(29)33(37)26-9-7-11-28(30(26)32(27)36)40-24-17-13-22(14-18-24)35(3,4)5/h7-21H,6H2,1-5H3. The zero-order chi connectivity index (χ0) is 29.3. The number of hydrogen-bond acceptors (Lipinski definition) is 6. The lowest BCUT2D eigenvalue weighted by atomic mass is 9.84. The highest BCUT2D eigenvalue weighted by molar-refractivity contribution is 7.99. The maximum absolute atomic E-state index is 13.9. The van der Waals surface area contributed by atoms with Gasteiger partial charge in [-0.05, 0) is 65.9 Å². The van der Waals surface area contributed by atoms with Crippen molar-refractivity contribution < 1.29 is 19.1 Å². The summed E-state index contributed by atoms with van der Waals surface area (Å²) in [5.41, 5.74) is 3.04. The normalized spacial score (nSPS) is 13.4. The fourth-order valence-corrected chi connectivity index (χ4v) is 6.54. The number of fused-ring (bicyclic) bond motifs is 2. The average Bonchev–Trinajstić information content (AvgIpc) is 2.96. The number of esters is 1. The lowest BCUT2D eigenvalue weighted by Crippen LogP contribution is -2.22. The molecular weight excluding hydrogens is 549 g/mol. The molecule has 208 valence electrons. The second-order valence-corrected chi connectivity index (χ2v) is 13.4. The van der Waals surface area contributed by atoms with E-state index in [2.05, 4.69) is 45.0 Å². The van der Waals surface area contributed by atoms with Crippen molar-refractivity contribution in [3.8, 4) is 5.75 Å². The largest absolute Gasteiger partial charge is 0.426 e. The smallest absolute Gasteiger partial charge is 0.314 e. The molecule has 4 nitrogen and oxygen atoms in total. The highest BCUT2D eigenvalue weighted by Gasteiger charge is 2.33. The molecule has 0 fully saturated rings. The Bertz CT molecular complexity index is 1630. The molecule has 1 unspecified atom stereocenters. The first-order valence-electron chi connectivity index (χ1n) is 13.7. The SMILES string of the molecule is CCC(C)C(=O)Oc1ccc(Sc2cccc3c2C(=O)c2cccc(Sc4ccc(C(C)(C)C)cc4)c2C3=O)cc1. The average molecular weight is 581 g/mol. The Kier molecular flexibility index (Phi) is 8.25. The van der Waals surface area contributed by atoms with Gasteiger partial charge in [0.25, 0.3) is 0 Å². The molecule has 0 bridgehead atoms. The van der Waals surface area contributed by atoms with E-state index in [1.54, 1.807) is 24.3 Å². The number of carbonyl (C=O) groups excluding carboxylic acids is 3. The molecule has 0 radical (unpaired) electrons. The zero-order valence-corrected chi connectivity index (χ0v) is 25.4. The Morgan fingerprint density at radius 3 is 1.63 bits per heavy atom. The fourth-order valence-electron chi connectivity index (χ4n) is 4.58. The Balaban J connectivity index is 1.41. The zero-order valence-electron chi connectivity index (χ0n) is 23.8. The minimum atomic E-state index is -0.257. The topological polar surface area (TPSA) is 60.4 Å². The van der Waals surface area contributed by atoms with Crippen LogP contribution < -0.4 is 4.74 Å².